The largest absolute Gasteiger partial charge is 0.326 e. The van der Waals surface area contributed by atoms with Gasteiger partial charge in [-0.1, -0.05) is 24.3 Å². The van der Waals surface area contributed by atoms with E-state index in [1.807, 2.05) is 12.1 Å². The Balaban J connectivity index is 2.67. The standard InChI is InChI=1S/C12H13NO/c1-2-3-4-12(14)11-7-5-10(9-13)6-8-11/h1,5-8H,3-4,9,13H2. The Morgan fingerprint density at radius 3 is 2.50 bits per heavy atom. The van der Waals surface area contributed by atoms with E-state index in [0.29, 0.717) is 24.9 Å². The van der Waals surface area contributed by atoms with E-state index in [1.54, 1.807) is 12.1 Å². The molecule has 1 aromatic carbocycles. The third-order valence-electron chi connectivity index (χ3n) is 2.01. The zero-order chi connectivity index (χ0) is 10.4. The molecule has 0 radical (unpaired) electrons. The van der Waals surface area contributed by atoms with Gasteiger partial charge in [0.15, 0.2) is 5.78 Å². The molecule has 0 saturated carbocycles. The minimum Gasteiger partial charge on any atom is -0.326 e. The number of hydrogen-bond donors (Lipinski definition) is 1. The summed E-state index contributed by atoms with van der Waals surface area (Å²) in [4.78, 5) is 11.5. The molecule has 0 aromatic heterocycles. The number of carbonyl (C=O) groups excluding carboxylic acids is 1. The second kappa shape index (κ2) is 5.21. The molecule has 0 spiro atoms. The Morgan fingerprint density at radius 2 is 2.00 bits per heavy atom. The van der Waals surface area contributed by atoms with E-state index < -0.39 is 0 Å². The van der Waals surface area contributed by atoms with E-state index in [9.17, 15) is 4.79 Å². The van der Waals surface area contributed by atoms with Crippen LogP contribution in [-0.2, 0) is 6.54 Å². The van der Waals surface area contributed by atoms with Gasteiger partial charge < -0.3 is 5.73 Å². The molecule has 0 saturated heterocycles. The smallest absolute Gasteiger partial charge is 0.163 e. The second-order valence-electron chi connectivity index (χ2n) is 3.03. The van der Waals surface area contributed by atoms with Crippen LogP contribution in [0, 0.1) is 12.3 Å². The normalized spacial score (nSPS) is 9.43. The van der Waals surface area contributed by atoms with E-state index in [1.165, 1.54) is 0 Å². The molecule has 1 rings (SSSR count). The minimum absolute atomic E-state index is 0.0894. The number of hydrogen-bond acceptors (Lipinski definition) is 2. The molecule has 0 fully saturated rings. The number of nitrogens with two attached hydrogens (primary N) is 1. The number of ketones is 1. The van der Waals surface area contributed by atoms with Crippen molar-refractivity contribution in [1.82, 2.24) is 0 Å². The molecule has 0 heterocycles. The highest BCUT2D eigenvalue weighted by Crippen LogP contribution is 2.07. The fourth-order valence-corrected chi connectivity index (χ4v) is 1.16. The third-order valence-corrected chi connectivity index (χ3v) is 2.01. The first-order valence-electron chi connectivity index (χ1n) is 4.53. The van der Waals surface area contributed by atoms with Gasteiger partial charge in [-0.3, -0.25) is 4.79 Å². The van der Waals surface area contributed by atoms with Gasteiger partial charge in [0, 0.05) is 24.9 Å². The van der Waals surface area contributed by atoms with E-state index >= 15 is 0 Å². The van der Waals surface area contributed by atoms with Gasteiger partial charge >= 0.3 is 0 Å². The maximum atomic E-state index is 11.5. The van der Waals surface area contributed by atoms with Gasteiger partial charge in [0.05, 0.1) is 0 Å². The lowest BCUT2D eigenvalue weighted by Crippen LogP contribution is -2.00. The summed E-state index contributed by atoms with van der Waals surface area (Å²) < 4.78 is 0. The van der Waals surface area contributed by atoms with Crippen LogP contribution in [-0.4, -0.2) is 5.78 Å². The number of benzene rings is 1. The van der Waals surface area contributed by atoms with Gasteiger partial charge in [-0.05, 0) is 5.56 Å². The summed E-state index contributed by atoms with van der Waals surface area (Å²) in [5.74, 6) is 2.54. The zero-order valence-electron chi connectivity index (χ0n) is 7.99. The van der Waals surface area contributed by atoms with Crippen molar-refractivity contribution in [3.63, 3.8) is 0 Å². The van der Waals surface area contributed by atoms with Crippen LogP contribution in [0.5, 0.6) is 0 Å². The van der Waals surface area contributed by atoms with Gasteiger partial charge in [-0.15, -0.1) is 12.3 Å². The Hall–Kier alpha value is -1.59. The average Bonchev–Trinajstić information content (AvgIpc) is 2.26. The number of Topliss-reactive ketones (excluding diaryl/α,β-unsaturated/α-hetero) is 1. The maximum Gasteiger partial charge on any atom is 0.163 e. The lowest BCUT2D eigenvalue weighted by atomic mass is 10.1. The Bertz CT molecular complexity index is 346. The molecular weight excluding hydrogens is 174 g/mol. The first kappa shape index (κ1) is 10.5. The van der Waals surface area contributed by atoms with Crippen LogP contribution in [0.1, 0.15) is 28.8 Å². The number of terminal acetylenes is 1. The molecular formula is C12H13NO. The lowest BCUT2D eigenvalue weighted by Gasteiger charge is -2.00. The first-order valence-corrected chi connectivity index (χ1v) is 4.53. The molecule has 2 nitrogen and oxygen atoms in total. The molecule has 0 aliphatic heterocycles. The molecule has 2 N–H and O–H groups in total. The molecule has 0 aliphatic carbocycles. The molecule has 2 heteroatoms. The molecule has 0 unspecified atom stereocenters. The Kier molecular flexibility index (Phi) is 3.90. The van der Waals surface area contributed by atoms with Crippen molar-refractivity contribution in [3.05, 3.63) is 35.4 Å². The van der Waals surface area contributed by atoms with Crippen molar-refractivity contribution in [3.8, 4) is 12.3 Å². The molecule has 1 aromatic rings. The average molecular weight is 187 g/mol. The summed E-state index contributed by atoms with van der Waals surface area (Å²) in [6.07, 6.45) is 5.99. The van der Waals surface area contributed by atoms with Crippen molar-refractivity contribution >= 4 is 5.78 Å². The fraction of sp³-hybridized carbons (Fsp3) is 0.250. The Morgan fingerprint density at radius 1 is 1.36 bits per heavy atom. The van der Waals surface area contributed by atoms with Gasteiger partial charge in [0.25, 0.3) is 0 Å². The molecule has 0 aliphatic rings. The molecule has 0 atom stereocenters. The van der Waals surface area contributed by atoms with Crippen molar-refractivity contribution in [2.24, 2.45) is 5.73 Å². The summed E-state index contributed by atoms with van der Waals surface area (Å²) in [7, 11) is 0. The third kappa shape index (κ3) is 2.72. The molecule has 72 valence electrons. The monoisotopic (exact) mass is 187 g/mol. The van der Waals surface area contributed by atoms with Crippen LogP contribution in [0.4, 0.5) is 0 Å². The maximum absolute atomic E-state index is 11.5. The highest BCUT2D eigenvalue weighted by atomic mass is 16.1. The minimum atomic E-state index is 0.0894. The van der Waals surface area contributed by atoms with Gasteiger partial charge in [-0.25, -0.2) is 0 Å². The van der Waals surface area contributed by atoms with E-state index in [0.717, 1.165) is 5.56 Å². The van der Waals surface area contributed by atoms with Gasteiger partial charge in [-0.2, -0.15) is 0 Å². The summed E-state index contributed by atoms with van der Waals surface area (Å²) in [6.45, 7) is 0.499. The van der Waals surface area contributed by atoms with Crippen LogP contribution < -0.4 is 5.73 Å². The zero-order valence-corrected chi connectivity index (χ0v) is 7.99. The molecule has 0 amide bonds. The van der Waals surface area contributed by atoms with Crippen LogP contribution in [0.25, 0.3) is 0 Å². The Labute approximate surface area is 84.1 Å². The van der Waals surface area contributed by atoms with Crippen LogP contribution in [0.3, 0.4) is 0 Å². The van der Waals surface area contributed by atoms with Crippen LogP contribution in [0.2, 0.25) is 0 Å². The first-order chi connectivity index (χ1) is 6.77. The van der Waals surface area contributed by atoms with Crippen LogP contribution >= 0.6 is 0 Å². The van der Waals surface area contributed by atoms with Crippen molar-refractivity contribution in [2.45, 2.75) is 19.4 Å². The number of rotatable bonds is 4. The highest BCUT2D eigenvalue weighted by Gasteiger charge is 2.03. The van der Waals surface area contributed by atoms with E-state index in [-0.39, 0.29) is 5.78 Å². The van der Waals surface area contributed by atoms with Crippen molar-refractivity contribution in [2.75, 3.05) is 0 Å². The number of carbonyl (C=O) groups is 1. The van der Waals surface area contributed by atoms with E-state index in [4.69, 9.17) is 12.2 Å². The second-order valence-corrected chi connectivity index (χ2v) is 3.03. The predicted molar refractivity (Wildman–Crippen MR) is 56.7 cm³/mol. The van der Waals surface area contributed by atoms with Crippen LogP contribution in [0.15, 0.2) is 24.3 Å². The van der Waals surface area contributed by atoms with Gasteiger partial charge in [0.2, 0.25) is 0 Å². The summed E-state index contributed by atoms with van der Waals surface area (Å²) in [5, 5.41) is 0. The quantitative estimate of drug-likeness (QED) is 0.576. The summed E-state index contributed by atoms with van der Waals surface area (Å²) in [6, 6.07) is 7.31. The SMILES string of the molecule is C#CCCC(=O)c1ccc(CN)cc1. The topological polar surface area (TPSA) is 43.1 Å². The van der Waals surface area contributed by atoms with E-state index in [2.05, 4.69) is 5.92 Å². The molecule has 14 heavy (non-hydrogen) atoms. The fourth-order valence-electron chi connectivity index (χ4n) is 1.16. The molecule has 0 bridgehead atoms. The lowest BCUT2D eigenvalue weighted by molar-refractivity contribution is 0.0984. The van der Waals surface area contributed by atoms with Crippen molar-refractivity contribution in [1.29, 1.82) is 0 Å². The predicted octanol–water partition coefficient (Wildman–Crippen LogP) is 1.74. The van der Waals surface area contributed by atoms with Gasteiger partial charge in [0.1, 0.15) is 0 Å². The van der Waals surface area contributed by atoms with Crippen molar-refractivity contribution < 1.29 is 4.79 Å². The highest BCUT2D eigenvalue weighted by molar-refractivity contribution is 5.96. The summed E-state index contributed by atoms with van der Waals surface area (Å²) in [5.41, 5.74) is 7.18. The summed E-state index contributed by atoms with van der Waals surface area (Å²) >= 11 is 0.